The van der Waals surface area contributed by atoms with Gasteiger partial charge in [-0.25, -0.2) is 0 Å². The zero-order chi connectivity index (χ0) is 24.5. The summed E-state index contributed by atoms with van der Waals surface area (Å²) >= 11 is 0. The van der Waals surface area contributed by atoms with E-state index in [2.05, 4.69) is 13.8 Å². The summed E-state index contributed by atoms with van der Waals surface area (Å²) in [6, 6.07) is 2.02. The van der Waals surface area contributed by atoms with Crippen molar-refractivity contribution in [3.63, 3.8) is 0 Å². The zero-order valence-corrected chi connectivity index (χ0v) is 20.7. The predicted molar refractivity (Wildman–Crippen MR) is 122 cm³/mol. The fourth-order valence-corrected chi connectivity index (χ4v) is 8.99. The number of carbonyl (C=O) groups is 3. The molecule has 3 fully saturated rings. The predicted octanol–water partition coefficient (Wildman–Crippen LogP) is 4.90. The molecule has 0 bridgehead atoms. The minimum Gasteiger partial charge on any atom is -0.472 e. The molecule has 6 nitrogen and oxygen atoms in total. The van der Waals surface area contributed by atoms with Crippen LogP contribution in [0, 0.1) is 27.6 Å². The topological polar surface area (TPSA) is 86.1 Å². The summed E-state index contributed by atoms with van der Waals surface area (Å²) in [5.41, 5.74) is -1.57. The summed E-state index contributed by atoms with van der Waals surface area (Å²) in [6.07, 6.45) is 9.64. The van der Waals surface area contributed by atoms with E-state index in [4.69, 9.17) is 13.9 Å². The number of ether oxygens (including phenoxy) is 2. The van der Waals surface area contributed by atoms with Crippen LogP contribution in [-0.4, -0.2) is 29.2 Å². The number of hydrogen-bond donors (Lipinski definition) is 0. The van der Waals surface area contributed by atoms with E-state index in [-0.39, 0.29) is 40.7 Å². The van der Waals surface area contributed by atoms with Gasteiger partial charge in [0.15, 0.2) is 11.5 Å². The molecule has 4 aliphatic carbocycles. The molecule has 0 radical (unpaired) electrons. The molecule has 1 aromatic rings. The number of esters is 1. The molecule has 180 valence electrons. The van der Waals surface area contributed by atoms with Gasteiger partial charge in [0.25, 0.3) is 0 Å². The number of hydrogen-bond acceptors (Lipinski definition) is 6. The van der Waals surface area contributed by atoms with Crippen LogP contribution in [0.3, 0.4) is 0 Å². The van der Waals surface area contributed by atoms with Gasteiger partial charge in [-0.05, 0) is 75.1 Å². The highest BCUT2D eigenvalue weighted by Gasteiger charge is 2.87. The Labute approximate surface area is 199 Å². The molecule has 1 spiro atoms. The van der Waals surface area contributed by atoms with Gasteiger partial charge in [0, 0.05) is 17.8 Å². The Hall–Kier alpha value is -2.47. The van der Waals surface area contributed by atoms with Crippen molar-refractivity contribution in [2.24, 2.45) is 27.6 Å². The van der Waals surface area contributed by atoms with Crippen LogP contribution in [0.15, 0.2) is 46.5 Å². The average Bonchev–Trinajstić information content (AvgIpc) is 3.11. The third-order valence-corrected chi connectivity index (χ3v) is 10.4. The summed E-state index contributed by atoms with van der Waals surface area (Å²) in [5.74, 6) is -0.627. The van der Waals surface area contributed by atoms with Crippen molar-refractivity contribution in [3.05, 3.63) is 47.6 Å². The van der Waals surface area contributed by atoms with Crippen LogP contribution in [0.1, 0.15) is 72.3 Å². The van der Waals surface area contributed by atoms with E-state index in [1.54, 1.807) is 12.3 Å². The summed E-state index contributed by atoms with van der Waals surface area (Å²) in [6.45, 7) is 11.4. The molecule has 0 N–H and O–H groups in total. The number of carbonyl (C=O) groups excluding carboxylic acids is 3. The smallest absolute Gasteiger partial charge is 0.308 e. The van der Waals surface area contributed by atoms with Crippen molar-refractivity contribution in [3.8, 4) is 0 Å². The van der Waals surface area contributed by atoms with E-state index < -0.39 is 27.8 Å². The highest BCUT2D eigenvalue weighted by Crippen LogP contribution is 2.81. The molecule has 5 aliphatic rings. The highest BCUT2D eigenvalue weighted by molar-refractivity contribution is 6.07. The molecule has 0 unspecified atom stereocenters. The number of rotatable bonds is 2. The molecule has 34 heavy (non-hydrogen) atoms. The second-order valence-corrected chi connectivity index (χ2v) is 12.1. The fourth-order valence-electron chi connectivity index (χ4n) is 8.99. The first-order valence-corrected chi connectivity index (χ1v) is 12.3. The van der Waals surface area contributed by atoms with Crippen molar-refractivity contribution < 1.29 is 28.3 Å². The molecule has 6 rings (SSSR count). The molecule has 1 aliphatic heterocycles. The molecular weight excluding hydrogens is 432 g/mol. The second kappa shape index (κ2) is 6.20. The number of allylic oxidation sites excluding steroid dienone is 4. The van der Waals surface area contributed by atoms with Crippen LogP contribution in [0.4, 0.5) is 0 Å². The van der Waals surface area contributed by atoms with Gasteiger partial charge < -0.3 is 13.9 Å². The SMILES string of the molecule is CC(=O)OC1=C2C(C)(C)C(=O)C=C[C@]2(C)[C@H]2CC[C@@]3(C)[C@H](c4ccoc4)C[C@H]4O[C@]43[C@]2(C)C1=O. The van der Waals surface area contributed by atoms with Gasteiger partial charge in [-0.2, -0.15) is 0 Å². The molecule has 6 heteroatoms. The third kappa shape index (κ3) is 2.16. The first-order valence-electron chi connectivity index (χ1n) is 12.3. The number of ketones is 2. The number of Topliss-reactive ketones (excluding diaryl/α,β-unsaturated/α-hetero) is 1. The van der Waals surface area contributed by atoms with Gasteiger partial charge in [-0.15, -0.1) is 0 Å². The van der Waals surface area contributed by atoms with Crippen molar-refractivity contribution >= 4 is 17.5 Å². The molecule has 0 amide bonds. The Morgan fingerprint density at radius 2 is 1.88 bits per heavy atom. The number of fused-ring (bicyclic) bond motifs is 3. The fraction of sp³-hybridized carbons (Fsp3) is 0.607. The van der Waals surface area contributed by atoms with Crippen LogP contribution in [0.25, 0.3) is 0 Å². The first-order chi connectivity index (χ1) is 15.9. The monoisotopic (exact) mass is 464 g/mol. The molecule has 1 aromatic heterocycles. The van der Waals surface area contributed by atoms with Gasteiger partial charge in [0.05, 0.1) is 29.5 Å². The van der Waals surface area contributed by atoms with E-state index in [0.717, 1.165) is 24.8 Å². The standard InChI is InChI=1S/C28H32O6/c1-15(29)33-21-22-24(2,3)19(30)8-10-25(22,4)18-7-11-26(5)17(16-9-12-32-14-16)13-20-28(26,34-20)27(18,6)23(21)31/h8-10,12,14,17-18,20H,7,11,13H2,1-6H3/t17-,18+,20+,25+,26-,27-,28+/m0/s1. The lowest BCUT2D eigenvalue weighted by molar-refractivity contribution is -0.166. The van der Waals surface area contributed by atoms with E-state index in [0.29, 0.717) is 5.57 Å². The van der Waals surface area contributed by atoms with Crippen LogP contribution < -0.4 is 0 Å². The average molecular weight is 465 g/mol. The number of furan rings is 1. The van der Waals surface area contributed by atoms with Gasteiger partial charge in [-0.3, -0.25) is 14.4 Å². The maximum absolute atomic E-state index is 14.5. The van der Waals surface area contributed by atoms with E-state index in [1.165, 1.54) is 6.92 Å². The zero-order valence-electron chi connectivity index (χ0n) is 20.7. The normalized spacial score (nSPS) is 45.9. The van der Waals surface area contributed by atoms with Crippen molar-refractivity contribution in [2.45, 2.75) is 78.4 Å². The maximum Gasteiger partial charge on any atom is 0.308 e. The summed E-state index contributed by atoms with van der Waals surface area (Å²) < 4.78 is 17.7. The van der Waals surface area contributed by atoms with E-state index >= 15 is 0 Å². The van der Waals surface area contributed by atoms with Crippen molar-refractivity contribution in [2.75, 3.05) is 0 Å². The van der Waals surface area contributed by atoms with Crippen molar-refractivity contribution in [1.29, 1.82) is 0 Å². The lowest BCUT2D eigenvalue weighted by atomic mass is 9.39. The van der Waals surface area contributed by atoms with Crippen LogP contribution in [0.5, 0.6) is 0 Å². The Bertz CT molecular complexity index is 1200. The minimum atomic E-state index is -0.942. The van der Waals surface area contributed by atoms with Crippen LogP contribution in [-0.2, 0) is 23.9 Å². The Balaban J connectivity index is 1.59. The maximum atomic E-state index is 14.5. The quantitative estimate of drug-likeness (QED) is 0.457. The van der Waals surface area contributed by atoms with Crippen LogP contribution >= 0.6 is 0 Å². The lowest BCUT2D eigenvalue weighted by Crippen LogP contribution is -2.66. The van der Waals surface area contributed by atoms with Gasteiger partial charge >= 0.3 is 5.97 Å². The van der Waals surface area contributed by atoms with Crippen LogP contribution in [0.2, 0.25) is 0 Å². The molecule has 0 aromatic carbocycles. The summed E-state index contributed by atoms with van der Waals surface area (Å²) in [4.78, 5) is 39.7. The largest absolute Gasteiger partial charge is 0.472 e. The molecular formula is C28H32O6. The van der Waals surface area contributed by atoms with E-state index in [1.807, 2.05) is 39.2 Å². The Morgan fingerprint density at radius 3 is 2.53 bits per heavy atom. The molecule has 2 heterocycles. The molecule has 2 saturated carbocycles. The Kier molecular flexibility index (Phi) is 4.02. The number of epoxide rings is 1. The van der Waals surface area contributed by atoms with Crippen molar-refractivity contribution in [1.82, 2.24) is 0 Å². The summed E-state index contributed by atoms with van der Waals surface area (Å²) in [7, 11) is 0. The summed E-state index contributed by atoms with van der Waals surface area (Å²) in [5, 5.41) is 0. The highest BCUT2D eigenvalue weighted by atomic mass is 16.6. The van der Waals surface area contributed by atoms with Gasteiger partial charge in [0.2, 0.25) is 5.78 Å². The first kappa shape index (κ1) is 22.0. The Morgan fingerprint density at radius 1 is 1.15 bits per heavy atom. The lowest BCUT2D eigenvalue weighted by Gasteiger charge is -2.62. The third-order valence-electron chi connectivity index (χ3n) is 10.4. The second-order valence-electron chi connectivity index (χ2n) is 12.1. The molecule has 7 atom stereocenters. The van der Waals surface area contributed by atoms with Gasteiger partial charge in [-0.1, -0.05) is 19.9 Å². The minimum absolute atomic E-state index is 0.0416. The van der Waals surface area contributed by atoms with Gasteiger partial charge in [0.1, 0.15) is 5.60 Å². The van der Waals surface area contributed by atoms with E-state index in [9.17, 15) is 14.4 Å². The molecule has 1 saturated heterocycles.